The van der Waals surface area contributed by atoms with Crippen molar-refractivity contribution in [1.29, 1.82) is 0 Å². The lowest BCUT2D eigenvalue weighted by molar-refractivity contribution is -0.0498. The number of aromatic amines is 1. The van der Waals surface area contributed by atoms with Gasteiger partial charge in [0.2, 0.25) is 0 Å². The molecule has 0 amide bonds. The average Bonchev–Trinajstić information content (AvgIpc) is 3.04. The molecule has 0 aliphatic heterocycles. The second-order valence-corrected chi connectivity index (χ2v) is 5.59. The molecule has 2 heterocycles. The number of fused-ring (bicyclic) bond motifs is 1. The van der Waals surface area contributed by atoms with Gasteiger partial charge in [0, 0.05) is 12.6 Å². The molecule has 8 nitrogen and oxygen atoms in total. The molecule has 2 aromatic heterocycles. The molecule has 0 saturated carbocycles. The summed E-state index contributed by atoms with van der Waals surface area (Å²) < 4.78 is 31.2. The Kier molecular flexibility index (Phi) is 4.41. The van der Waals surface area contributed by atoms with Gasteiger partial charge in [-0.15, -0.1) is 0 Å². The third-order valence-corrected chi connectivity index (χ3v) is 3.99. The lowest BCUT2D eigenvalue weighted by Gasteiger charge is -2.15. The molecule has 0 radical (unpaired) electrons. The van der Waals surface area contributed by atoms with Crippen molar-refractivity contribution in [3.05, 3.63) is 57.0 Å². The summed E-state index contributed by atoms with van der Waals surface area (Å²) in [5.74, 6) is -0.410. The number of aromatic nitrogens is 4. The fourth-order valence-corrected chi connectivity index (χ4v) is 2.63. The second kappa shape index (κ2) is 6.54. The third kappa shape index (κ3) is 3.01. The summed E-state index contributed by atoms with van der Waals surface area (Å²) in [6, 6.07) is 4.47. The fraction of sp³-hybridized carbons (Fsp3) is 0.250. The number of ketones is 1. The van der Waals surface area contributed by atoms with Crippen LogP contribution >= 0.6 is 0 Å². The van der Waals surface area contributed by atoms with Crippen molar-refractivity contribution in [2.45, 2.75) is 19.6 Å². The van der Waals surface area contributed by atoms with Crippen molar-refractivity contribution in [2.75, 3.05) is 0 Å². The molecule has 0 saturated heterocycles. The maximum absolute atomic E-state index is 12.7. The van der Waals surface area contributed by atoms with Gasteiger partial charge in [-0.2, -0.15) is 8.78 Å². The SMILES string of the molecule is C[C@H](C(=O)c1ccc(OC(F)F)cc1)n1cnc2c(=O)[nH]c(=O)n(C)c21. The van der Waals surface area contributed by atoms with Crippen molar-refractivity contribution in [2.24, 2.45) is 7.05 Å². The lowest BCUT2D eigenvalue weighted by atomic mass is 10.1. The first-order valence-electron chi connectivity index (χ1n) is 7.54. The van der Waals surface area contributed by atoms with Gasteiger partial charge in [0.1, 0.15) is 5.75 Å². The molecule has 1 aromatic carbocycles. The summed E-state index contributed by atoms with van der Waals surface area (Å²) in [6.45, 7) is -1.37. The molecular weight excluding hydrogens is 350 g/mol. The highest BCUT2D eigenvalue weighted by molar-refractivity contribution is 5.99. The Balaban J connectivity index is 1.98. The van der Waals surface area contributed by atoms with E-state index in [1.165, 1.54) is 46.8 Å². The second-order valence-electron chi connectivity index (χ2n) is 5.59. The van der Waals surface area contributed by atoms with Crippen LogP contribution in [0.5, 0.6) is 5.75 Å². The fourth-order valence-electron chi connectivity index (χ4n) is 2.63. The predicted octanol–water partition coefficient (Wildman–Crippen LogP) is 1.47. The van der Waals surface area contributed by atoms with Crippen molar-refractivity contribution in [3.63, 3.8) is 0 Å². The Bertz CT molecular complexity index is 1080. The molecule has 0 aliphatic rings. The summed E-state index contributed by atoms with van der Waals surface area (Å²) >= 11 is 0. The van der Waals surface area contributed by atoms with Gasteiger partial charge in [-0.3, -0.25) is 19.1 Å². The van der Waals surface area contributed by atoms with E-state index in [0.29, 0.717) is 0 Å². The van der Waals surface area contributed by atoms with Crippen molar-refractivity contribution < 1.29 is 18.3 Å². The monoisotopic (exact) mass is 364 g/mol. The number of hydrogen-bond acceptors (Lipinski definition) is 5. The maximum Gasteiger partial charge on any atom is 0.387 e. The number of alkyl halides is 2. The number of hydrogen-bond donors (Lipinski definition) is 1. The average molecular weight is 364 g/mol. The van der Waals surface area contributed by atoms with Crippen molar-refractivity contribution >= 4 is 16.9 Å². The van der Waals surface area contributed by atoms with Crippen molar-refractivity contribution in [1.82, 2.24) is 19.1 Å². The molecule has 3 rings (SSSR count). The van der Waals surface area contributed by atoms with Crippen LogP contribution in [0.3, 0.4) is 0 Å². The van der Waals surface area contributed by atoms with Crippen LogP contribution in [0.15, 0.2) is 40.2 Å². The molecular formula is C16H14F2N4O4. The first-order chi connectivity index (χ1) is 12.3. The Labute approximate surface area is 144 Å². The van der Waals surface area contributed by atoms with Gasteiger partial charge in [0.15, 0.2) is 16.9 Å². The largest absolute Gasteiger partial charge is 0.435 e. The topological polar surface area (TPSA) is 99.0 Å². The van der Waals surface area contributed by atoms with E-state index in [1.807, 2.05) is 0 Å². The minimum absolute atomic E-state index is 0.0347. The molecule has 3 aromatic rings. The van der Waals surface area contributed by atoms with E-state index in [9.17, 15) is 23.2 Å². The summed E-state index contributed by atoms with van der Waals surface area (Å²) in [5, 5.41) is 0. The van der Waals surface area contributed by atoms with E-state index >= 15 is 0 Å². The van der Waals surface area contributed by atoms with E-state index in [0.717, 1.165) is 0 Å². The van der Waals surface area contributed by atoms with Gasteiger partial charge >= 0.3 is 12.3 Å². The maximum atomic E-state index is 12.7. The third-order valence-electron chi connectivity index (χ3n) is 3.99. The lowest BCUT2D eigenvalue weighted by Crippen LogP contribution is -2.30. The van der Waals surface area contributed by atoms with Crippen LogP contribution < -0.4 is 16.0 Å². The molecule has 0 fully saturated rings. The Morgan fingerprint density at radius 2 is 1.88 bits per heavy atom. The summed E-state index contributed by atoms with van der Waals surface area (Å²) in [4.78, 5) is 42.4. The number of halogens is 2. The zero-order valence-electron chi connectivity index (χ0n) is 13.8. The van der Waals surface area contributed by atoms with Gasteiger partial charge < -0.3 is 9.30 Å². The number of nitrogens with one attached hydrogen (secondary N) is 1. The number of ether oxygens (including phenoxy) is 1. The van der Waals surface area contributed by atoms with E-state index in [1.54, 1.807) is 6.92 Å². The van der Waals surface area contributed by atoms with Crippen molar-refractivity contribution in [3.8, 4) is 5.75 Å². The zero-order valence-corrected chi connectivity index (χ0v) is 13.8. The molecule has 26 heavy (non-hydrogen) atoms. The van der Waals surface area contributed by atoms with E-state index in [2.05, 4.69) is 14.7 Å². The number of carbonyl (C=O) groups is 1. The Morgan fingerprint density at radius 1 is 1.23 bits per heavy atom. The number of carbonyl (C=O) groups excluding carboxylic acids is 1. The smallest absolute Gasteiger partial charge is 0.387 e. The first-order valence-corrected chi connectivity index (χ1v) is 7.54. The van der Waals surface area contributed by atoms with Gasteiger partial charge in [-0.05, 0) is 31.2 Å². The molecule has 1 atom stereocenters. The zero-order chi connectivity index (χ0) is 19.0. The van der Waals surface area contributed by atoms with Crippen LogP contribution in [0.4, 0.5) is 8.78 Å². The van der Waals surface area contributed by atoms with E-state index < -0.39 is 23.9 Å². The minimum atomic E-state index is -2.95. The number of H-pyrrole nitrogens is 1. The molecule has 136 valence electrons. The normalized spacial score (nSPS) is 12.5. The van der Waals surface area contributed by atoms with E-state index in [-0.39, 0.29) is 28.3 Å². The Hall–Kier alpha value is -3.30. The number of aryl methyl sites for hydroxylation is 1. The number of rotatable bonds is 5. The Morgan fingerprint density at radius 3 is 2.50 bits per heavy atom. The number of Topliss-reactive ketones (excluding diaryl/α,β-unsaturated/α-hetero) is 1. The highest BCUT2D eigenvalue weighted by atomic mass is 19.3. The van der Waals surface area contributed by atoms with Crippen LogP contribution in [-0.2, 0) is 7.05 Å². The highest BCUT2D eigenvalue weighted by Gasteiger charge is 2.22. The predicted molar refractivity (Wildman–Crippen MR) is 87.7 cm³/mol. The standard InChI is InChI=1S/C16H14F2N4O4/c1-8(12(23)9-3-5-10(6-4-9)26-15(17)18)22-7-19-11-13(24)20-16(25)21(2)14(11)22/h3-8,15H,1-2H3,(H,20,24,25)/t8-/m1/s1. The minimum Gasteiger partial charge on any atom is -0.435 e. The first kappa shape index (κ1) is 17.5. The van der Waals surface area contributed by atoms with Crippen LogP contribution in [0.1, 0.15) is 23.3 Å². The van der Waals surface area contributed by atoms with Crippen LogP contribution in [0, 0.1) is 0 Å². The van der Waals surface area contributed by atoms with Crippen LogP contribution in [0.2, 0.25) is 0 Å². The molecule has 0 unspecified atom stereocenters. The molecule has 0 aliphatic carbocycles. The summed E-state index contributed by atoms with van der Waals surface area (Å²) in [6.07, 6.45) is 1.30. The number of imidazole rings is 1. The highest BCUT2D eigenvalue weighted by Crippen LogP contribution is 2.21. The van der Waals surface area contributed by atoms with Gasteiger partial charge in [-0.1, -0.05) is 0 Å². The quantitative estimate of drug-likeness (QED) is 0.691. The molecule has 10 heteroatoms. The van der Waals surface area contributed by atoms with Crippen LogP contribution in [0.25, 0.3) is 11.2 Å². The summed E-state index contributed by atoms with van der Waals surface area (Å²) in [7, 11) is 1.45. The summed E-state index contributed by atoms with van der Waals surface area (Å²) in [5.41, 5.74) is -0.770. The molecule has 0 bridgehead atoms. The number of benzene rings is 1. The van der Waals surface area contributed by atoms with Gasteiger partial charge in [0.05, 0.1) is 12.4 Å². The van der Waals surface area contributed by atoms with Crippen LogP contribution in [-0.4, -0.2) is 31.5 Å². The van der Waals surface area contributed by atoms with E-state index in [4.69, 9.17) is 0 Å². The van der Waals surface area contributed by atoms with Gasteiger partial charge in [-0.25, -0.2) is 9.78 Å². The number of nitrogens with zero attached hydrogens (tertiary/aromatic N) is 3. The molecule has 1 N–H and O–H groups in total. The van der Waals surface area contributed by atoms with Gasteiger partial charge in [0.25, 0.3) is 5.56 Å². The molecule has 0 spiro atoms.